The topological polar surface area (TPSA) is 38.2 Å². The Balaban J connectivity index is 0.938. The van der Waals surface area contributed by atoms with Gasteiger partial charge in [0.05, 0.1) is 6.10 Å². The Bertz CT molecular complexity index is 949. The van der Waals surface area contributed by atoms with Crippen molar-refractivity contribution in [3.8, 4) is 0 Å². The van der Waals surface area contributed by atoms with Gasteiger partial charge in [-0.1, -0.05) is 88.5 Å². The highest BCUT2D eigenvalue weighted by atomic mass is 16.7. The normalized spacial score (nSPS) is 20.5. The van der Waals surface area contributed by atoms with Crippen molar-refractivity contribution in [3.05, 3.63) is 72.3 Å². The Morgan fingerprint density at radius 3 is 1.86 bits per heavy atom. The number of hydrogen-bond donors (Lipinski definition) is 0. The van der Waals surface area contributed by atoms with E-state index in [1.54, 1.807) is 0 Å². The molecule has 0 N–H and O–H groups in total. The van der Waals surface area contributed by atoms with E-state index in [2.05, 4.69) is 39.3 Å². The molecular weight excluding hydrogens is 514 g/mol. The van der Waals surface area contributed by atoms with Crippen molar-refractivity contribution in [1.82, 2.24) is 15.0 Å². The molecule has 2 fully saturated rings. The average molecular weight is 574 g/mol. The lowest BCUT2D eigenvalue weighted by Gasteiger charge is -2.21. The van der Waals surface area contributed by atoms with Gasteiger partial charge in [0.25, 0.3) is 0 Å². The summed E-state index contributed by atoms with van der Waals surface area (Å²) >= 11 is 0. The molecule has 42 heavy (non-hydrogen) atoms. The van der Waals surface area contributed by atoms with E-state index in [0.29, 0.717) is 12.1 Å². The maximum Gasteiger partial charge on any atom is 0.0837 e. The number of fused-ring (bicyclic) bond motifs is 1. The van der Waals surface area contributed by atoms with Crippen LogP contribution in [-0.4, -0.2) is 33.7 Å². The van der Waals surface area contributed by atoms with Crippen LogP contribution in [0.3, 0.4) is 0 Å². The van der Waals surface area contributed by atoms with Crippen molar-refractivity contribution in [2.75, 3.05) is 6.54 Å². The minimum Gasteiger partial charge on any atom is -0.295 e. The summed E-state index contributed by atoms with van der Waals surface area (Å²) in [6.45, 7) is 1.13. The minimum absolute atomic E-state index is 0.490. The van der Waals surface area contributed by atoms with E-state index in [-0.39, 0.29) is 0 Å². The molecule has 3 atom stereocenters. The third-order valence-electron chi connectivity index (χ3n) is 9.55. The molecule has 232 valence electrons. The second kappa shape index (κ2) is 20.8. The van der Waals surface area contributed by atoms with Crippen LogP contribution in [0, 0.1) is 5.92 Å². The van der Waals surface area contributed by atoms with Gasteiger partial charge in [-0.3, -0.25) is 14.8 Å². The lowest BCUT2D eigenvalue weighted by atomic mass is 9.93. The van der Waals surface area contributed by atoms with Gasteiger partial charge < -0.3 is 0 Å². The number of nitrogens with zero attached hydrogens (tertiary/aromatic N) is 3. The first-order chi connectivity index (χ1) is 20.9. The smallest absolute Gasteiger partial charge is 0.0837 e. The van der Waals surface area contributed by atoms with Gasteiger partial charge in [0.15, 0.2) is 0 Å². The van der Waals surface area contributed by atoms with Gasteiger partial charge in [0.2, 0.25) is 0 Å². The Kier molecular flexibility index (Phi) is 16.3. The molecule has 1 saturated heterocycles. The van der Waals surface area contributed by atoms with Gasteiger partial charge in [-0.15, -0.1) is 0 Å². The Morgan fingerprint density at radius 1 is 0.667 bits per heavy atom. The van der Waals surface area contributed by atoms with Crippen LogP contribution in [0.4, 0.5) is 0 Å². The maximum atomic E-state index is 6.56. The number of aromatic nitrogens is 2. The first-order valence-electron chi connectivity index (χ1n) is 17.8. The van der Waals surface area contributed by atoms with E-state index < -0.39 is 0 Å². The number of unbranched alkanes of at least 4 members (excludes halogenated alkanes) is 13. The molecule has 1 saturated carbocycles. The molecule has 1 aliphatic carbocycles. The Labute approximate surface area is 257 Å². The first kappa shape index (κ1) is 32.9. The fourth-order valence-corrected chi connectivity index (χ4v) is 7.11. The van der Waals surface area contributed by atoms with Crippen LogP contribution in [0.15, 0.2) is 61.2 Å². The zero-order valence-electron chi connectivity index (χ0n) is 26.5. The second-order valence-corrected chi connectivity index (χ2v) is 13.0. The highest BCUT2D eigenvalue weighted by Gasteiger charge is 2.44. The van der Waals surface area contributed by atoms with E-state index in [1.807, 2.05) is 36.9 Å². The number of aryl methyl sites for hydroxylation is 2. The predicted molar refractivity (Wildman–Crippen MR) is 176 cm³/mol. The zero-order valence-corrected chi connectivity index (χ0v) is 26.5. The summed E-state index contributed by atoms with van der Waals surface area (Å²) in [5.74, 6) is 0.797. The fourth-order valence-electron chi connectivity index (χ4n) is 7.11. The predicted octanol–water partition coefficient (Wildman–Crippen LogP) is 10.2. The van der Waals surface area contributed by atoms with Gasteiger partial charge in [-0.25, -0.2) is 0 Å². The van der Waals surface area contributed by atoms with E-state index in [9.17, 15) is 0 Å². The van der Waals surface area contributed by atoms with Crippen LogP contribution >= 0.6 is 0 Å². The van der Waals surface area contributed by atoms with Gasteiger partial charge in [0.1, 0.15) is 0 Å². The van der Waals surface area contributed by atoms with Crippen molar-refractivity contribution >= 4 is 0 Å². The summed E-state index contributed by atoms with van der Waals surface area (Å²) < 4.78 is 0. The van der Waals surface area contributed by atoms with Crippen molar-refractivity contribution in [1.29, 1.82) is 0 Å². The number of rotatable bonds is 23. The molecule has 0 bridgehead atoms. The number of allylic oxidation sites excluding steroid dienone is 2. The molecule has 3 heterocycles. The van der Waals surface area contributed by atoms with E-state index in [0.717, 1.165) is 12.5 Å². The summed E-state index contributed by atoms with van der Waals surface area (Å²) in [6.07, 6.45) is 42.1. The summed E-state index contributed by atoms with van der Waals surface area (Å²) in [5, 5.41) is 2.42. The van der Waals surface area contributed by atoms with Crippen molar-refractivity contribution in [2.24, 2.45) is 5.92 Å². The Hall–Kier alpha value is -2.04. The zero-order chi connectivity index (χ0) is 28.9. The SMILES string of the molecule is C(=C/CCCCN1O[C@H](CCCCCCCCc2cccnc2)[C@@H]2CCC[C@@H]21)/CCCCCCCCc1cccnc1. The molecule has 4 rings (SSSR count). The summed E-state index contributed by atoms with van der Waals surface area (Å²) in [6, 6.07) is 9.18. The van der Waals surface area contributed by atoms with Crippen LogP contribution in [0.1, 0.15) is 140 Å². The van der Waals surface area contributed by atoms with E-state index in [4.69, 9.17) is 4.84 Å². The van der Waals surface area contributed by atoms with Crippen molar-refractivity contribution < 1.29 is 4.84 Å². The number of hydrogen-bond acceptors (Lipinski definition) is 4. The van der Waals surface area contributed by atoms with Gasteiger partial charge in [0, 0.05) is 43.3 Å². The van der Waals surface area contributed by atoms with Crippen LogP contribution in [0.2, 0.25) is 0 Å². The molecule has 4 nitrogen and oxygen atoms in total. The molecular formula is C38H59N3O. The van der Waals surface area contributed by atoms with Gasteiger partial charge in [-0.2, -0.15) is 5.06 Å². The third kappa shape index (κ3) is 12.7. The van der Waals surface area contributed by atoms with Crippen LogP contribution in [0.5, 0.6) is 0 Å². The molecule has 0 unspecified atom stereocenters. The first-order valence-corrected chi connectivity index (χ1v) is 17.8. The summed E-state index contributed by atoms with van der Waals surface area (Å²) in [4.78, 5) is 15.0. The molecule has 1 aliphatic heterocycles. The number of hydroxylamine groups is 2. The Morgan fingerprint density at radius 2 is 1.24 bits per heavy atom. The molecule has 2 aromatic rings. The van der Waals surface area contributed by atoms with Gasteiger partial charge >= 0.3 is 0 Å². The lowest BCUT2D eigenvalue weighted by Crippen LogP contribution is -2.29. The highest BCUT2D eigenvalue weighted by molar-refractivity contribution is 5.08. The highest BCUT2D eigenvalue weighted by Crippen LogP contribution is 2.41. The molecule has 2 aromatic heterocycles. The molecule has 0 amide bonds. The molecule has 0 radical (unpaired) electrons. The lowest BCUT2D eigenvalue weighted by molar-refractivity contribution is -0.167. The molecule has 0 aromatic carbocycles. The summed E-state index contributed by atoms with van der Waals surface area (Å²) in [7, 11) is 0. The van der Waals surface area contributed by atoms with Crippen LogP contribution in [-0.2, 0) is 17.7 Å². The van der Waals surface area contributed by atoms with Crippen LogP contribution in [0.25, 0.3) is 0 Å². The second-order valence-electron chi connectivity index (χ2n) is 13.0. The minimum atomic E-state index is 0.490. The number of pyridine rings is 2. The maximum absolute atomic E-state index is 6.56. The standard InChI is InChI=1S/C38H59N3O/c1(3-5-7-11-15-22-34-24-20-29-39-32-34)2-4-6-10-14-18-31-41-37-27-19-26-36(37)38(42-41)28-17-13-9-8-12-16-23-35-25-21-30-40-33-35/h4,6,20-21,24-25,29-30,32-33,36-38H,1-3,5,7-19,22-23,26-28,31H2/b6-4-/t36-,37+,38-/m1/s1. The fraction of sp³-hybridized carbons (Fsp3) is 0.684. The van der Waals surface area contributed by atoms with E-state index >= 15 is 0 Å². The molecule has 0 spiro atoms. The van der Waals surface area contributed by atoms with Gasteiger partial charge in [-0.05, 0) is 100 Å². The largest absolute Gasteiger partial charge is 0.295 e. The van der Waals surface area contributed by atoms with Crippen molar-refractivity contribution in [3.63, 3.8) is 0 Å². The van der Waals surface area contributed by atoms with Crippen molar-refractivity contribution in [2.45, 2.75) is 153 Å². The van der Waals surface area contributed by atoms with E-state index in [1.165, 1.54) is 152 Å². The average Bonchev–Trinajstić information content (AvgIpc) is 3.64. The molecule has 4 heteroatoms. The third-order valence-corrected chi connectivity index (χ3v) is 9.55. The quantitative estimate of drug-likeness (QED) is 0.0979. The summed E-state index contributed by atoms with van der Waals surface area (Å²) in [5.41, 5.74) is 2.76. The monoisotopic (exact) mass is 573 g/mol. The molecule has 2 aliphatic rings. The van der Waals surface area contributed by atoms with Crippen LogP contribution < -0.4 is 0 Å².